The summed E-state index contributed by atoms with van der Waals surface area (Å²) in [5, 5.41) is 21.1. The molecule has 7 nitrogen and oxygen atoms in total. The zero-order valence-electron chi connectivity index (χ0n) is 10.2. The highest BCUT2D eigenvalue weighted by Gasteiger charge is 2.46. The fourth-order valence-corrected chi connectivity index (χ4v) is 2.90. The predicted molar refractivity (Wildman–Crippen MR) is 67.3 cm³/mol. The highest BCUT2D eigenvalue weighted by molar-refractivity contribution is 7.13. The zero-order chi connectivity index (χ0) is 14.2. The Labute approximate surface area is 112 Å². The fraction of sp³-hybridized carbons (Fsp3) is 0.455. The Hall–Kier alpha value is -1.96. The van der Waals surface area contributed by atoms with Crippen LogP contribution < -0.4 is 0 Å². The molecule has 8 heteroatoms. The van der Waals surface area contributed by atoms with Gasteiger partial charge in [-0.15, -0.1) is 0 Å². The van der Waals surface area contributed by atoms with E-state index >= 15 is 0 Å². The number of rotatable bonds is 3. The Balaban J connectivity index is 2.28. The monoisotopic (exact) mass is 284 g/mol. The van der Waals surface area contributed by atoms with Gasteiger partial charge in [-0.2, -0.15) is 0 Å². The molecule has 0 radical (unpaired) electrons. The first-order chi connectivity index (χ1) is 8.86. The molecule has 1 fully saturated rings. The molecule has 19 heavy (non-hydrogen) atoms. The fourth-order valence-electron chi connectivity index (χ4n) is 2.20. The Morgan fingerprint density at radius 1 is 1.58 bits per heavy atom. The lowest BCUT2D eigenvalue weighted by Gasteiger charge is -2.30. The largest absolute Gasteiger partial charge is 0.480 e. The van der Waals surface area contributed by atoms with E-state index in [1.807, 2.05) is 0 Å². The van der Waals surface area contributed by atoms with Gasteiger partial charge >= 0.3 is 11.0 Å². The quantitative estimate of drug-likeness (QED) is 0.673. The number of carbonyl (C=O) groups excluding carboxylic acids is 1. The van der Waals surface area contributed by atoms with Gasteiger partial charge in [0, 0.05) is 18.0 Å². The van der Waals surface area contributed by atoms with Crippen molar-refractivity contribution in [2.45, 2.75) is 25.3 Å². The van der Waals surface area contributed by atoms with Crippen LogP contribution in [0, 0.1) is 10.1 Å². The average Bonchev–Trinajstić information content (AvgIpc) is 2.95. The Morgan fingerprint density at radius 3 is 2.79 bits per heavy atom. The maximum Gasteiger partial charge on any atom is 0.329 e. The summed E-state index contributed by atoms with van der Waals surface area (Å²) in [4.78, 5) is 34.8. The van der Waals surface area contributed by atoms with Gasteiger partial charge in [-0.05, 0) is 19.8 Å². The van der Waals surface area contributed by atoms with Crippen LogP contribution in [0.4, 0.5) is 5.00 Å². The van der Waals surface area contributed by atoms with E-state index < -0.39 is 22.3 Å². The van der Waals surface area contributed by atoms with Crippen LogP contribution in [0.5, 0.6) is 0 Å². The summed E-state index contributed by atoms with van der Waals surface area (Å²) in [6.07, 6.45) is 1.00. The smallest absolute Gasteiger partial charge is 0.329 e. The van der Waals surface area contributed by atoms with Crippen molar-refractivity contribution >= 4 is 28.2 Å². The van der Waals surface area contributed by atoms with Crippen molar-refractivity contribution in [1.82, 2.24) is 4.90 Å². The highest BCUT2D eigenvalue weighted by Crippen LogP contribution is 2.32. The molecule has 2 rings (SSSR count). The number of amides is 1. The number of aliphatic carboxylic acids is 1. The molecular weight excluding hydrogens is 272 g/mol. The first kappa shape index (κ1) is 13.5. The predicted octanol–water partition coefficient (Wildman–Crippen LogP) is 1.74. The second-order valence-electron chi connectivity index (χ2n) is 4.57. The molecule has 0 aliphatic carbocycles. The van der Waals surface area contributed by atoms with Crippen LogP contribution in [-0.2, 0) is 4.79 Å². The van der Waals surface area contributed by atoms with Gasteiger partial charge in [-0.25, -0.2) is 4.79 Å². The van der Waals surface area contributed by atoms with Gasteiger partial charge < -0.3 is 10.0 Å². The summed E-state index contributed by atoms with van der Waals surface area (Å²) in [5.74, 6) is -1.52. The lowest BCUT2D eigenvalue weighted by atomic mass is 9.99. The molecule has 0 bridgehead atoms. The topological polar surface area (TPSA) is 101 Å². The average molecular weight is 284 g/mol. The molecule has 1 atom stereocenters. The molecule has 0 aromatic carbocycles. The van der Waals surface area contributed by atoms with Gasteiger partial charge in [0.25, 0.3) is 5.91 Å². The molecule has 1 aliphatic heterocycles. The van der Waals surface area contributed by atoms with Crippen molar-refractivity contribution in [2.75, 3.05) is 6.54 Å². The summed E-state index contributed by atoms with van der Waals surface area (Å²) in [6.45, 7) is 1.85. The van der Waals surface area contributed by atoms with Crippen molar-refractivity contribution in [3.05, 3.63) is 27.1 Å². The maximum atomic E-state index is 12.2. The molecule has 0 spiro atoms. The van der Waals surface area contributed by atoms with E-state index in [1.54, 1.807) is 0 Å². The first-order valence-electron chi connectivity index (χ1n) is 5.64. The molecular formula is C11H12N2O5S. The van der Waals surface area contributed by atoms with E-state index in [0.29, 0.717) is 19.4 Å². The van der Waals surface area contributed by atoms with Crippen LogP contribution in [0.2, 0.25) is 0 Å². The number of thiophene rings is 1. The number of carboxylic acids is 1. The van der Waals surface area contributed by atoms with Gasteiger partial charge in [0.1, 0.15) is 5.54 Å². The van der Waals surface area contributed by atoms with Gasteiger partial charge in [-0.3, -0.25) is 14.9 Å². The third-order valence-electron chi connectivity index (χ3n) is 3.36. The minimum Gasteiger partial charge on any atom is -0.480 e. The summed E-state index contributed by atoms with van der Waals surface area (Å²) < 4.78 is 0. The number of likely N-dealkylation sites (tertiary alicyclic amines) is 1. The van der Waals surface area contributed by atoms with E-state index in [4.69, 9.17) is 0 Å². The minimum atomic E-state index is -1.23. The van der Waals surface area contributed by atoms with Crippen LogP contribution in [0.3, 0.4) is 0 Å². The summed E-state index contributed by atoms with van der Waals surface area (Å²) in [5.41, 5.74) is -1.06. The highest BCUT2D eigenvalue weighted by atomic mass is 32.1. The summed E-state index contributed by atoms with van der Waals surface area (Å²) in [6, 6.07) is 1.19. The van der Waals surface area contributed by atoms with E-state index in [-0.39, 0.29) is 10.6 Å². The van der Waals surface area contributed by atoms with Crippen LogP contribution in [0.1, 0.15) is 30.1 Å². The van der Waals surface area contributed by atoms with Gasteiger partial charge in [-0.1, -0.05) is 11.3 Å². The molecule has 1 N–H and O–H groups in total. The van der Waals surface area contributed by atoms with Crippen LogP contribution in [-0.4, -0.2) is 38.9 Å². The Morgan fingerprint density at radius 2 is 2.26 bits per heavy atom. The molecule has 1 saturated heterocycles. The van der Waals surface area contributed by atoms with Crippen molar-refractivity contribution in [1.29, 1.82) is 0 Å². The number of nitro groups is 1. The number of nitrogens with zero attached hydrogens (tertiary/aromatic N) is 2. The third-order valence-corrected chi connectivity index (χ3v) is 4.24. The second-order valence-corrected chi connectivity index (χ2v) is 5.46. The van der Waals surface area contributed by atoms with Crippen LogP contribution in [0.15, 0.2) is 11.4 Å². The van der Waals surface area contributed by atoms with Crippen LogP contribution in [0.25, 0.3) is 0 Å². The maximum absolute atomic E-state index is 12.2. The van der Waals surface area contributed by atoms with Gasteiger partial charge in [0.15, 0.2) is 0 Å². The van der Waals surface area contributed by atoms with E-state index in [1.165, 1.54) is 23.3 Å². The lowest BCUT2D eigenvalue weighted by molar-refractivity contribution is -0.380. The molecule has 1 aromatic rings. The lowest BCUT2D eigenvalue weighted by Crippen LogP contribution is -2.50. The van der Waals surface area contributed by atoms with E-state index in [2.05, 4.69) is 0 Å². The minimum absolute atomic E-state index is 0.125. The van der Waals surface area contributed by atoms with Crippen molar-refractivity contribution in [2.24, 2.45) is 0 Å². The number of hydrogen-bond acceptors (Lipinski definition) is 5. The number of carboxylic acid groups (broad SMARTS) is 1. The standard InChI is InChI=1S/C11H12N2O5S/c1-11(10(15)16)3-2-4-12(11)9(14)7-5-8(13(17)18)19-6-7/h5-6H,2-4H2,1H3,(H,15,16). The summed E-state index contributed by atoms with van der Waals surface area (Å²) in [7, 11) is 0. The zero-order valence-corrected chi connectivity index (χ0v) is 11.0. The van der Waals surface area contributed by atoms with Crippen molar-refractivity contribution < 1.29 is 19.6 Å². The van der Waals surface area contributed by atoms with Gasteiger partial charge in [0.2, 0.25) is 0 Å². The molecule has 1 unspecified atom stereocenters. The van der Waals surface area contributed by atoms with Crippen molar-refractivity contribution in [3.63, 3.8) is 0 Å². The second kappa shape index (κ2) is 4.61. The van der Waals surface area contributed by atoms with Crippen LogP contribution >= 0.6 is 11.3 Å². The number of carbonyl (C=O) groups is 2. The first-order valence-corrected chi connectivity index (χ1v) is 6.52. The SMILES string of the molecule is CC1(C(=O)O)CCCN1C(=O)c1csc([N+](=O)[O-])c1. The van der Waals surface area contributed by atoms with Gasteiger partial charge in [0.05, 0.1) is 10.5 Å². The van der Waals surface area contributed by atoms with E-state index in [0.717, 1.165) is 11.3 Å². The third kappa shape index (κ3) is 2.19. The van der Waals surface area contributed by atoms with E-state index in [9.17, 15) is 24.8 Å². The number of hydrogen-bond donors (Lipinski definition) is 1. The molecule has 2 heterocycles. The Bertz CT molecular complexity index is 555. The molecule has 1 aromatic heterocycles. The van der Waals surface area contributed by atoms with Crippen molar-refractivity contribution in [3.8, 4) is 0 Å². The molecule has 1 aliphatic rings. The molecule has 102 valence electrons. The summed E-state index contributed by atoms with van der Waals surface area (Å²) >= 11 is 0.859. The molecule has 1 amide bonds. The molecule has 0 saturated carbocycles. The Kier molecular flexibility index (Phi) is 3.27. The normalized spacial score (nSPS) is 22.5.